The predicted octanol–water partition coefficient (Wildman–Crippen LogP) is 3.24. The lowest BCUT2D eigenvalue weighted by atomic mass is 9.97. The Morgan fingerprint density at radius 2 is 2.00 bits per heavy atom. The Hall–Kier alpha value is -2.25. The van der Waals surface area contributed by atoms with Gasteiger partial charge in [0.2, 0.25) is 10.0 Å². The third-order valence-corrected chi connectivity index (χ3v) is 6.75. The number of hydrogen-bond donors (Lipinski definition) is 0. The number of para-hydroxylation sites is 1. The van der Waals surface area contributed by atoms with Crippen LogP contribution in [0.3, 0.4) is 0 Å². The highest BCUT2D eigenvalue weighted by Gasteiger charge is 2.29. The molecular formula is C20H25N3O3S. The molecule has 27 heavy (non-hydrogen) atoms. The van der Waals surface area contributed by atoms with Crippen LogP contribution in [0, 0.1) is 0 Å². The maximum Gasteiger partial charge on any atom is 0.214 e. The van der Waals surface area contributed by atoms with Crippen molar-refractivity contribution < 1.29 is 13.2 Å². The largest absolute Gasteiger partial charge is 0.496 e. The van der Waals surface area contributed by atoms with Crippen LogP contribution in [-0.4, -0.2) is 48.6 Å². The maximum absolute atomic E-state index is 12.3. The lowest BCUT2D eigenvalue weighted by molar-refractivity contribution is 0.313. The number of nitrogens with zero attached hydrogens (tertiary/aromatic N) is 3. The van der Waals surface area contributed by atoms with Crippen LogP contribution in [0.15, 0.2) is 49.2 Å². The lowest BCUT2D eigenvalue weighted by Crippen LogP contribution is -2.39. The molecule has 0 N–H and O–H groups in total. The van der Waals surface area contributed by atoms with Gasteiger partial charge in [0.05, 0.1) is 18.6 Å². The summed E-state index contributed by atoms with van der Waals surface area (Å²) < 4.78 is 31.7. The van der Waals surface area contributed by atoms with Gasteiger partial charge < -0.3 is 4.74 Å². The second kappa shape index (κ2) is 8.63. The Bertz CT molecular complexity index is 891. The van der Waals surface area contributed by atoms with Gasteiger partial charge in [-0.25, -0.2) is 22.7 Å². The van der Waals surface area contributed by atoms with Crippen LogP contribution < -0.4 is 4.74 Å². The number of aromatic nitrogens is 2. The molecule has 3 rings (SSSR count). The maximum atomic E-state index is 12.3. The zero-order valence-corrected chi connectivity index (χ0v) is 16.4. The summed E-state index contributed by atoms with van der Waals surface area (Å²) in [4.78, 5) is 9.19. The number of sulfonamides is 1. The summed E-state index contributed by atoms with van der Waals surface area (Å²) >= 11 is 0. The van der Waals surface area contributed by atoms with E-state index in [1.807, 2.05) is 30.3 Å². The molecule has 2 heterocycles. The number of piperidine rings is 1. The SMILES string of the molecule is C=CCCS(=O)(=O)N1CCC(c2nccc(-c3ccccc3OC)n2)CC1. The van der Waals surface area contributed by atoms with Gasteiger partial charge in [0.15, 0.2) is 0 Å². The summed E-state index contributed by atoms with van der Waals surface area (Å²) in [6, 6.07) is 9.62. The Morgan fingerprint density at radius 3 is 2.70 bits per heavy atom. The van der Waals surface area contributed by atoms with Crippen LogP contribution >= 0.6 is 0 Å². The van der Waals surface area contributed by atoms with Crippen molar-refractivity contribution in [3.8, 4) is 17.0 Å². The minimum absolute atomic E-state index is 0.126. The molecule has 1 aliphatic rings. The summed E-state index contributed by atoms with van der Waals surface area (Å²) in [6.07, 6.45) is 5.33. The Labute approximate surface area is 161 Å². The predicted molar refractivity (Wildman–Crippen MR) is 106 cm³/mol. The van der Waals surface area contributed by atoms with Gasteiger partial charge in [-0.15, -0.1) is 6.58 Å². The van der Waals surface area contributed by atoms with E-state index in [-0.39, 0.29) is 11.7 Å². The summed E-state index contributed by atoms with van der Waals surface area (Å²) in [6.45, 7) is 4.61. The van der Waals surface area contributed by atoms with Crippen molar-refractivity contribution in [3.63, 3.8) is 0 Å². The molecule has 1 aromatic carbocycles. The summed E-state index contributed by atoms with van der Waals surface area (Å²) in [5, 5.41) is 0. The highest BCUT2D eigenvalue weighted by molar-refractivity contribution is 7.89. The monoisotopic (exact) mass is 387 g/mol. The first kappa shape index (κ1) is 19.5. The first-order chi connectivity index (χ1) is 13.0. The Balaban J connectivity index is 1.73. The molecule has 1 aromatic heterocycles. The van der Waals surface area contributed by atoms with Crippen molar-refractivity contribution in [1.29, 1.82) is 0 Å². The van der Waals surface area contributed by atoms with Gasteiger partial charge >= 0.3 is 0 Å². The molecular weight excluding hydrogens is 362 g/mol. The first-order valence-corrected chi connectivity index (χ1v) is 10.7. The quantitative estimate of drug-likeness (QED) is 0.682. The first-order valence-electron chi connectivity index (χ1n) is 9.10. The lowest BCUT2D eigenvalue weighted by Gasteiger charge is -2.30. The van der Waals surface area contributed by atoms with Crippen LogP contribution in [0.1, 0.15) is 31.0 Å². The number of ether oxygens (including phenoxy) is 1. The molecule has 0 atom stereocenters. The fourth-order valence-electron chi connectivity index (χ4n) is 3.33. The van der Waals surface area contributed by atoms with Gasteiger partial charge in [-0.05, 0) is 37.5 Å². The molecule has 1 fully saturated rings. The zero-order chi connectivity index (χ0) is 19.3. The smallest absolute Gasteiger partial charge is 0.214 e. The van der Waals surface area contributed by atoms with Gasteiger partial charge in [-0.3, -0.25) is 0 Å². The van der Waals surface area contributed by atoms with Gasteiger partial charge in [0.25, 0.3) is 0 Å². The van der Waals surface area contributed by atoms with Crippen molar-refractivity contribution in [1.82, 2.24) is 14.3 Å². The van der Waals surface area contributed by atoms with E-state index in [1.165, 1.54) is 0 Å². The van der Waals surface area contributed by atoms with Crippen LogP contribution in [0.5, 0.6) is 5.75 Å². The molecule has 0 unspecified atom stereocenters. The average Bonchev–Trinajstić information content (AvgIpc) is 2.72. The molecule has 6 nitrogen and oxygen atoms in total. The van der Waals surface area contributed by atoms with Crippen molar-refractivity contribution in [2.45, 2.75) is 25.2 Å². The van der Waals surface area contributed by atoms with E-state index in [1.54, 1.807) is 23.7 Å². The van der Waals surface area contributed by atoms with Crippen molar-refractivity contribution >= 4 is 10.0 Å². The van der Waals surface area contributed by atoms with Crippen molar-refractivity contribution in [2.75, 3.05) is 26.0 Å². The molecule has 1 aliphatic heterocycles. The average molecular weight is 388 g/mol. The van der Waals surface area contributed by atoms with E-state index in [9.17, 15) is 8.42 Å². The van der Waals surface area contributed by atoms with Crippen LogP contribution in [0.4, 0.5) is 0 Å². The molecule has 7 heteroatoms. The highest BCUT2D eigenvalue weighted by Crippen LogP contribution is 2.31. The van der Waals surface area contributed by atoms with Crippen LogP contribution in [0.2, 0.25) is 0 Å². The number of methoxy groups -OCH3 is 1. The standard InChI is InChI=1S/C20H25N3O3S/c1-3-4-15-27(24,25)23-13-10-16(11-14-23)20-21-12-9-18(22-20)17-7-5-6-8-19(17)26-2/h3,5-9,12,16H,1,4,10-11,13-15H2,2H3. The van der Waals surface area contributed by atoms with E-state index < -0.39 is 10.0 Å². The van der Waals surface area contributed by atoms with E-state index in [0.717, 1.165) is 35.7 Å². The van der Waals surface area contributed by atoms with E-state index >= 15 is 0 Å². The van der Waals surface area contributed by atoms with Gasteiger partial charge in [-0.1, -0.05) is 18.2 Å². The molecule has 0 saturated carbocycles. The fourth-order valence-corrected chi connectivity index (χ4v) is 4.82. The number of benzene rings is 1. The van der Waals surface area contributed by atoms with Gasteiger partial charge in [0, 0.05) is 30.8 Å². The Kier molecular flexibility index (Phi) is 6.23. The highest BCUT2D eigenvalue weighted by atomic mass is 32.2. The normalized spacial score (nSPS) is 16.2. The zero-order valence-electron chi connectivity index (χ0n) is 15.5. The summed E-state index contributed by atoms with van der Waals surface area (Å²) in [5.41, 5.74) is 1.74. The molecule has 0 bridgehead atoms. The van der Waals surface area contributed by atoms with E-state index in [0.29, 0.717) is 19.5 Å². The Morgan fingerprint density at radius 1 is 1.26 bits per heavy atom. The molecule has 144 valence electrons. The minimum Gasteiger partial charge on any atom is -0.496 e. The third-order valence-electron chi connectivity index (χ3n) is 4.85. The molecule has 1 saturated heterocycles. The summed E-state index contributed by atoms with van der Waals surface area (Å²) in [7, 11) is -1.56. The van der Waals surface area contributed by atoms with Crippen LogP contribution in [0.25, 0.3) is 11.3 Å². The number of allylic oxidation sites excluding steroid dienone is 1. The molecule has 0 spiro atoms. The molecule has 0 amide bonds. The van der Waals surface area contributed by atoms with E-state index in [2.05, 4.69) is 11.6 Å². The third kappa shape index (κ3) is 4.54. The van der Waals surface area contributed by atoms with Crippen LogP contribution in [-0.2, 0) is 10.0 Å². The van der Waals surface area contributed by atoms with E-state index in [4.69, 9.17) is 9.72 Å². The second-order valence-electron chi connectivity index (χ2n) is 6.57. The molecule has 0 aliphatic carbocycles. The summed E-state index contributed by atoms with van der Waals surface area (Å²) in [5.74, 6) is 1.82. The minimum atomic E-state index is -3.21. The molecule has 0 radical (unpaired) electrons. The number of rotatable bonds is 7. The molecule has 2 aromatic rings. The number of hydrogen-bond acceptors (Lipinski definition) is 5. The fraction of sp³-hybridized carbons (Fsp3) is 0.400. The van der Waals surface area contributed by atoms with Gasteiger partial charge in [0.1, 0.15) is 11.6 Å². The topological polar surface area (TPSA) is 72.4 Å². The van der Waals surface area contributed by atoms with Crippen molar-refractivity contribution in [3.05, 3.63) is 55.0 Å². The van der Waals surface area contributed by atoms with Crippen molar-refractivity contribution in [2.24, 2.45) is 0 Å². The second-order valence-corrected chi connectivity index (χ2v) is 8.66. The van der Waals surface area contributed by atoms with Gasteiger partial charge in [-0.2, -0.15) is 0 Å².